The van der Waals surface area contributed by atoms with Crippen molar-refractivity contribution in [2.75, 3.05) is 6.54 Å². The van der Waals surface area contributed by atoms with Gasteiger partial charge in [0.05, 0.1) is 0 Å². The number of hydrogen-bond acceptors (Lipinski definition) is 1. The number of likely N-dealkylation sites (N-methyl/N-ethyl adjacent to an activating group) is 1. The summed E-state index contributed by atoms with van der Waals surface area (Å²) in [7, 11) is 0. The van der Waals surface area contributed by atoms with Gasteiger partial charge in [-0.1, -0.05) is 39.2 Å². The summed E-state index contributed by atoms with van der Waals surface area (Å²) in [5.41, 5.74) is 0.928. The summed E-state index contributed by atoms with van der Waals surface area (Å²) in [6.07, 6.45) is 5.46. The van der Waals surface area contributed by atoms with E-state index in [2.05, 4.69) is 18.5 Å². The molecular formula is C10H19N. The monoisotopic (exact) mass is 153 g/mol. The molecule has 0 atom stereocenters. The predicted molar refractivity (Wildman–Crippen MR) is 53.5 cm³/mol. The summed E-state index contributed by atoms with van der Waals surface area (Å²) < 4.78 is 0. The minimum atomic E-state index is 0.917. The average Bonchev–Trinajstić information content (AvgIpc) is 2.05. The van der Waals surface area contributed by atoms with Crippen molar-refractivity contribution in [3.05, 3.63) is 37.1 Å². The van der Waals surface area contributed by atoms with Crippen LogP contribution in [0.3, 0.4) is 0 Å². The second kappa shape index (κ2) is 11.8. The van der Waals surface area contributed by atoms with Crippen molar-refractivity contribution in [1.29, 1.82) is 0 Å². The maximum Gasteiger partial charge on any atom is 0.0266 e. The van der Waals surface area contributed by atoms with Crippen LogP contribution in [0.2, 0.25) is 0 Å². The van der Waals surface area contributed by atoms with Gasteiger partial charge >= 0.3 is 0 Å². The van der Waals surface area contributed by atoms with Crippen LogP contribution in [0.15, 0.2) is 37.1 Å². The quantitative estimate of drug-likeness (QED) is 0.612. The van der Waals surface area contributed by atoms with Gasteiger partial charge in [-0.15, -0.1) is 0 Å². The Balaban J connectivity index is 0. The van der Waals surface area contributed by atoms with Crippen molar-refractivity contribution in [1.82, 2.24) is 5.32 Å². The van der Waals surface area contributed by atoms with Gasteiger partial charge in [0.1, 0.15) is 0 Å². The van der Waals surface area contributed by atoms with E-state index in [1.165, 1.54) is 0 Å². The maximum absolute atomic E-state index is 3.74. The molecule has 0 radical (unpaired) electrons. The number of hydrogen-bond donors (Lipinski definition) is 1. The summed E-state index contributed by atoms with van der Waals surface area (Å²) in [6, 6.07) is 0. The van der Waals surface area contributed by atoms with Gasteiger partial charge in [0.15, 0.2) is 0 Å². The lowest BCUT2D eigenvalue weighted by Crippen LogP contribution is -2.08. The molecule has 1 heteroatoms. The Hall–Kier alpha value is -0.980. The summed E-state index contributed by atoms with van der Waals surface area (Å²) in [5.74, 6) is 0. The molecule has 64 valence electrons. The van der Waals surface area contributed by atoms with Gasteiger partial charge in [-0.2, -0.15) is 0 Å². The fourth-order valence-electron chi connectivity index (χ4n) is 0.470. The fourth-order valence-corrected chi connectivity index (χ4v) is 0.470. The van der Waals surface area contributed by atoms with Gasteiger partial charge in [0, 0.05) is 12.2 Å². The highest BCUT2D eigenvalue weighted by Crippen LogP contribution is 1.85. The van der Waals surface area contributed by atoms with Crippen LogP contribution in [-0.4, -0.2) is 6.54 Å². The van der Waals surface area contributed by atoms with Crippen molar-refractivity contribution in [2.24, 2.45) is 0 Å². The standard InChI is InChI=1S/C8H13N.C2H6/c1-4-6-7-8(3)9-5-2;1-2/h4,6-7,9H,1,3,5H2,2H3;1-2H3/b7-6-;. The Labute approximate surface area is 70.5 Å². The van der Waals surface area contributed by atoms with E-state index in [-0.39, 0.29) is 0 Å². The van der Waals surface area contributed by atoms with Crippen LogP contribution in [0.5, 0.6) is 0 Å². The molecule has 1 nitrogen and oxygen atoms in total. The third kappa shape index (κ3) is 12.3. The third-order valence-corrected chi connectivity index (χ3v) is 0.837. The van der Waals surface area contributed by atoms with Crippen molar-refractivity contribution in [3.63, 3.8) is 0 Å². The van der Waals surface area contributed by atoms with Gasteiger partial charge in [-0.05, 0) is 13.0 Å². The minimum absolute atomic E-state index is 0.917. The lowest BCUT2D eigenvalue weighted by molar-refractivity contribution is 0.883. The molecule has 0 amide bonds. The van der Waals surface area contributed by atoms with E-state index in [1.807, 2.05) is 32.9 Å². The SMILES string of the molecule is C=C/C=C\C(=C)NCC.CC. The second-order valence-corrected chi connectivity index (χ2v) is 1.65. The molecule has 0 saturated heterocycles. The molecule has 0 bridgehead atoms. The van der Waals surface area contributed by atoms with Crippen molar-refractivity contribution in [2.45, 2.75) is 20.8 Å². The van der Waals surface area contributed by atoms with Crippen molar-refractivity contribution < 1.29 is 0 Å². The highest BCUT2D eigenvalue weighted by Gasteiger charge is 1.77. The lowest BCUT2D eigenvalue weighted by Gasteiger charge is -1.98. The molecule has 0 unspecified atom stereocenters. The van der Waals surface area contributed by atoms with Crippen LogP contribution in [0, 0.1) is 0 Å². The zero-order chi connectivity index (χ0) is 9.11. The topological polar surface area (TPSA) is 12.0 Å². The normalized spacial score (nSPS) is 8.27. The molecule has 0 aliphatic carbocycles. The first-order valence-corrected chi connectivity index (χ1v) is 4.03. The number of rotatable bonds is 4. The zero-order valence-electron chi connectivity index (χ0n) is 7.85. The van der Waals surface area contributed by atoms with Crippen LogP contribution in [0.25, 0.3) is 0 Å². The van der Waals surface area contributed by atoms with E-state index in [1.54, 1.807) is 6.08 Å². The molecule has 0 spiro atoms. The van der Waals surface area contributed by atoms with E-state index in [9.17, 15) is 0 Å². The second-order valence-electron chi connectivity index (χ2n) is 1.65. The number of nitrogens with one attached hydrogen (secondary N) is 1. The first-order chi connectivity index (χ1) is 5.31. The first-order valence-electron chi connectivity index (χ1n) is 4.03. The van der Waals surface area contributed by atoms with Gasteiger partial charge < -0.3 is 5.32 Å². The average molecular weight is 153 g/mol. The zero-order valence-corrected chi connectivity index (χ0v) is 7.85. The van der Waals surface area contributed by atoms with E-state index in [0.717, 1.165) is 12.2 Å². The van der Waals surface area contributed by atoms with Crippen LogP contribution >= 0.6 is 0 Å². The highest BCUT2D eigenvalue weighted by molar-refractivity contribution is 5.15. The van der Waals surface area contributed by atoms with Crippen LogP contribution in [0.1, 0.15) is 20.8 Å². The predicted octanol–water partition coefficient (Wildman–Crippen LogP) is 2.88. The van der Waals surface area contributed by atoms with Gasteiger partial charge in [0.2, 0.25) is 0 Å². The Morgan fingerprint density at radius 1 is 1.45 bits per heavy atom. The van der Waals surface area contributed by atoms with Crippen molar-refractivity contribution in [3.8, 4) is 0 Å². The van der Waals surface area contributed by atoms with E-state index in [4.69, 9.17) is 0 Å². The fraction of sp³-hybridized carbons (Fsp3) is 0.400. The van der Waals surface area contributed by atoms with Crippen LogP contribution < -0.4 is 5.32 Å². The lowest BCUT2D eigenvalue weighted by atomic mass is 10.4. The molecule has 0 aliphatic heterocycles. The van der Waals surface area contributed by atoms with Gasteiger partial charge in [-0.25, -0.2) is 0 Å². The Bertz CT molecular complexity index is 123. The van der Waals surface area contributed by atoms with Crippen LogP contribution in [0.4, 0.5) is 0 Å². The number of allylic oxidation sites excluding steroid dienone is 3. The molecule has 0 aliphatic rings. The summed E-state index contributed by atoms with van der Waals surface area (Å²) in [5, 5.41) is 3.05. The Morgan fingerprint density at radius 2 is 2.00 bits per heavy atom. The Kier molecular flexibility index (Phi) is 13.6. The molecule has 11 heavy (non-hydrogen) atoms. The van der Waals surface area contributed by atoms with E-state index in [0.29, 0.717) is 0 Å². The molecule has 0 fully saturated rings. The van der Waals surface area contributed by atoms with Gasteiger partial charge in [0.25, 0.3) is 0 Å². The smallest absolute Gasteiger partial charge is 0.0266 e. The van der Waals surface area contributed by atoms with E-state index < -0.39 is 0 Å². The molecule has 1 N–H and O–H groups in total. The van der Waals surface area contributed by atoms with E-state index >= 15 is 0 Å². The molecule has 0 rings (SSSR count). The molecule has 0 heterocycles. The van der Waals surface area contributed by atoms with Gasteiger partial charge in [-0.3, -0.25) is 0 Å². The molecule has 0 saturated carbocycles. The largest absolute Gasteiger partial charge is 0.386 e. The van der Waals surface area contributed by atoms with Crippen LogP contribution in [-0.2, 0) is 0 Å². The molecular weight excluding hydrogens is 134 g/mol. The summed E-state index contributed by atoms with van der Waals surface area (Å²) in [6.45, 7) is 14.2. The summed E-state index contributed by atoms with van der Waals surface area (Å²) >= 11 is 0. The maximum atomic E-state index is 3.74. The summed E-state index contributed by atoms with van der Waals surface area (Å²) in [4.78, 5) is 0. The molecule has 0 aromatic heterocycles. The third-order valence-electron chi connectivity index (χ3n) is 0.837. The first kappa shape index (κ1) is 12.7. The molecule has 0 aromatic rings. The van der Waals surface area contributed by atoms with Crippen molar-refractivity contribution >= 4 is 0 Å². The minimum Gasteiger partial charge on any atom is -0.386 e. The molecule has 0 aromatic carbocycles. The Morgan fingerprint density at radius 3 is 2.36 bits per heavy atom. The highest BCUT2D eigenvalue weighted by atomic mass is 14.8.